The SMILES string of the molecule is C[C@H]1CN(C(=O)c2cc3ccccc3c(=O)[nH]2)C[C@H](c2ccccc2)O1. The topological polar surface area (TPSA) is 62.4 Å². The molecule has 1 aliphatic rings. The number of carbonyl (C=O) groups excluding carboxylic acids is 1. The molecular formula is C21H20N2O3. The highest BCUT2D eigenvalue weighted by Gasteiger charge is 2.30. The molecule has 0 radical (unpaired) electrons. The molecule has 0 saturated carbocycles. The fourth-order valence-corrected chi connectivity index (χ4v) is 3.47. The van der Waals surface area contributed by atoms with Crippen LogP contribution in [-0.4, -0.2) is 35.0 Å². The van der Waals surface area contributed by atoms with Crippen LogP contribution >= 0.6 is 0 Å². The van der Waals surface area contributed by atoms with E-state index in [0.717, 1.165) is 10.9 Å². The minimum atomic E-state index is -0.243. The summed E-state index contributed by atoms with van der Waals surface area (Å²) in [5.74, 6) is -0.177. The number of benzene rings is 2. The lowest BCUT2D eigenvalue weighted by Crippen LogP contribution is -2.46. The Labute approximate surface area is 151 Å². The third-order valence-corrected chi connectivity index (χ3v) is 4.70. The number of hydrogen-bond acceptors (Lipinski definition) is 3. The summed E-state index contributed by atoms with van der Waals surface area (Å²) < 4.78 is 6.02. The Balaban J connectivity index is 1.64. The predicted molar refractivity (Wildman–Crippen MR) is 100 cm³/mol. The molecule has 5 heteroatoms. The lowest BCUT2D eigenvalue weighted by molar-refractivity contribution is -0.0692. The van der Waals surface area contributed by atoms with Crippen molar-refractivity contribution in [1.82, 2.24) is 9.88 Å². The number of aromatic nitrogens is 1. The zero-order chi connectivity index (χ0) is 18.1. The van der Waals surface area contributed by atoms with Gasteiger partial charge in [0, 0.05) is 11.9 Å². The number of morpholine rings is 1. The number of aromatic amines is 1. The van der Waals surface area contributed by atoms with E-state index in [-0.39, 0.29) is 23.7 Å². The van der Waals surface area contributed by atoms with Crippen molar-refractivity contribution in [3.63, 3.8) is 0 Å². The number of nitrogens with one attached hydrogen (secondary N) is 1. The molecule has 1 aliphatic heterocycles. The molecule has 4 rings (SSSR count). The second-order valence-electron chi connectivity index (χ2n) is 6.66. The van der Waals surface area contributed by atoms with Gasteiger partial charge in [0.05, 0.1) is 12.6 Å². The van der Waals surface area contributed by atoms with Crippen LogP contribution in [0.5, 0.6) is 0 Å². The van der Waals surface area contributed by atoms with Crippen LogP contribution in [0.25, 0.3) is 10.8 Å². The molecule has 0 bridgehead atoms. The van der Waals surface area contributed by atoms with Crippen molar-refractivity contribution >= 4 is 16.7 Å². The number of rotatable bonds is 2. The monoisotopic (exact) mass is 348 g/mol. The number of fused-ring (bicyclic) bond motifs is 1. The van der Waals surface area contributed by atoms with E-state index in [1.54, 1.807) is 17.0 Å². The predicted octanol–water partition coefficient (Wildman–Crippen LogP) is 3.13. The summed E-state index contributed by atoms with van der Waals surface area (Å²) in [6, 6.07) is 18.9. The molecule has 3 aromatic rings. The summed E-state index contributed by atoms with van der Waals surface area (Å²) in [5, 5.41) is 1.35. The van der Waals surface area contributed by atoms with Gasteiger partial charge >= 0.3 is 0 Å². The molecule has 1 N–H and O–H groups in total. The van der Waals surface area contributed by atoms with Crippen molar-refractivity contribution in [2.45, 2.75) is 19.1 Å². The molecule has 132 valence electrons. The molecule has 0 unspecified atom stereocenters. The van der Waals surface area contributed by atoms with Crippen LogP contribution in [0.3, 0.4) is 0 Å². The molecule has 26 heavy (non-hydrogen) atoms. The summed E-state index contributed by atoms with van der Waals surface area (Å²) in [7, 11) is 0. The molecule has 1 amide bonds. The van der Waals surface area contributed by atoms with Crippen LogP contribution < -0.4 is 5.56 Å². The van der Waals surface area contributed by atoms with Gasteiger partial charge in [-0.15, -0.1) is 0 Å². The highest BCUT2D eigenvalue weighted by Crippen LogP contribution is 2.26. The molecule has 2 heterocycles. The zero-order valence-corrected chi connectivity index (χ0v) is 14.5. The van der Waals surface area contributed by atoms with Crippen molar-refractivity contribution in [3.05, 3.63) is 82.3 Å². The van der Waals surface area contributed by atoms with Crippen molar-refractivity contribution in [3.8, 4) is 0 Å². The maximum absolute atomic E-state index is 13.0. The van der Waals surface area contributed by atoms with Crippen LogP contribution in [0.4, 0.5) is 0 Å². The van der Waals surface area contributed by atoms with Gasteiger partial charge in [-0.1, -0.05) is 48.5 Å². The lowest BCUT2D eigenvalue weighted by Gasteiger charge is -2.37. The number of amides is 1. The minimum Gasteiger partial charge on any atom is -0.367 e. The summed E-state index contributed by atoms with van der Waals surface area (Å²) in [5.41, 5.74) is 1.12. The quantitative estimate of drug-likeness (QED) is 0.774. The smallest absolute Gasteiger partial charge is 0.270 e. The van der Waals surface area contributed by atoms with Crippen LogP contribution in [0.1, 0.15) is 29.1 Å². The van der Waals surface area contributed by atoms with E-state index in [2.05, 4.69) is 4.98 Å². The number of hydrogen-bond donors (Lipinski definition) is 1. The molecule has 1 fully saturated rings. The minimum absolute atomic E-state index is 0.0786. The van der Waals surface area contributed by atoms with Gasteiger partial charge in [0.15, 0.2) is 0 Å². The van der Waals surface area contributed by atoms with Crippen LogP contribution in [-0.2, 0) is 4.74 Å². The van der Waals surface area contributed by atoms with Gasteiger partial charge in [-0.2, -0.15) is 0 Å². The maximum atomic E-state index is 13.0. The van der Waals surface area contributed by atoms with Gasteiger partial charge in [0.25, 0.3) is 11.5 Å². The molecule has 1 aromatic heterocycles. The van der Waals surface area contributed by atoms with Gasteiger partial charge in [-0.25, -0.2) is 0 Å². The van der Waals surface area contributed by atoms with Gasteiger partial charge in [-0.3, -0.25) is 9.59 Å². The number of ether oxygens (including phenoxy) is 1. The van der Waals surface area contributed by atoms with E-state index < -0.39 is 0 Å². The number of pyridine rings is 1. The van der Waals surface area contributed by atoms with E-state index in [9.17, 15) is 9.59 Å². The first kappa shape index (κ1) is 16.5. The van der Waals surface area contributed by atoms with Crippen LogP contribution in [0.15, 0.2) is 65.5 Å². The maximum Gasteiger partial charge on any atom is 0.270 e. The summed E-state index contributed by atoms with van der Waals surface area (Å²) in [6.45, 7) is 2.91. The molecule has 2 atom stereocenters. The van der Waals surface area contributed by atoms with Crippen molar-refractivity contribution < 1.29 is 9.53 Å². The fourth-order valence-electron chi connectivity index (χ4n) is 3.47. The standard InChI is InChI=1S/C21H20N2O3/c1-14-12-23(13-19(26-14)15-7-3-2-4-8-15)21(25)18-11-16-9-5-6-10-17(16)20(24)22-18/h2-11,14,19H,12-13H2,1H3,(H,22,24)/t14-,19+/m0/s1. The first-order valence-corrected chi connectivity index (χ1v) is 8.73. The zero-order valence-electron chi connectivity index (χ0n) is 14.5. The largest absolute Gasteiger partial charge is 0.367 e. The molecule has 5 nitrogen and oxygen atoms in total. The Morgan fingerprint density at radius 2 is 1.81 bits per heavy atom. The average molecular weight is 348 g/mol. The number of nitrogens with zero attached hydrogens (tertiary/aromatic N) is 1. The summed E-state index contributed by atoms with van der Waals surface area (Å²) >= 11 is 0. The van der Waals surface area contributed by atoms with E-state index in [1.807, 2.05) is 55.5 Å². The fraction of sp³-hybridized carbons (Fsp3) is 0.238. The van der Waals surface area contributed by atoms with Gasteiger partial charge < -0.3 is 14.6 Å². The van der Waals surface area contributed by atoms with E-state index in [4.69, 9.17) is 4.74 Å². The highest BCUT2D eigenvalue weighted by atomic mass is 16.5. The van der Waals surface area contributed by atoms with E-state index in [1.165, 1.54) is 0 Å². The van der Waals surface area contributed by atoms with E-state index in [0.29, 0.717) is 24.2 Å². The molecule has 2 aromatic carbocycles. The van der Waals surface area contributed by atoms with Crippen molar-refractivity contribution in [1.29, 1.82) is 0 Å². The molecular weight excluding hydrogens is 328 g/mol. The van der Waals surface area contributed by atoms with Crippen LogP contribution in [0.2, 0.25) is 0 Å². The molecule has 0 aliphatic carbocycles. The second-order valence-corrected chi connectivity index (χ2v) is 6.66. The first-order valence-electron chi connectivity index (χ1n) is 8.73. The molecule has 1 saturated heterocycles. The van der Waals surface area contributed by atoms with E-state index >= 15 is 0 Å². The summed E-state index contributed by atoms with van der Waals surface area (Å²) in [4.78, 5) is 29.8. The third kappa shape index (κ3) is 3.13. The Kier molecular flexibility index (Phi) is 4.31. The number of H-pyrrole nitrogens is 1. The Bertz CT molecular complexity index is 997. The van der Waals surface area contributed by atoms with Crippen LogP contribution in [0, 0.1) is 0 Å². The Morgan fingerprint density at radius 3 is 2.62 bits per heavy atom. The second kappa shape index (κ2) is 6.77. The summed E-state index contributed by atoms with van der Waals surface area (Å²) in [6.07, 6.45) is -0.249. The van der Waals surface area contributed by atoms with Crippen molar-refractivity contribution in [2.75, 3.05) is 13.1 Å². The lowest BCUT2D eigenvalue weighted by atomic mass is 10.1. The highest BCUT2D eigenvalue weighted by molar-refractivity contribution is 5.96. The number of carbonyl (C=O) groups is 1. The normalized spacial score (nSPS) is 20.3. The Hall–Kier alpha value is -2.92. The van der Waals surface area contributed by atoms with Crippen molar-refractivity contribution in [2.24, 2.45) is 0 Å². The van der Waals surface area contributed by atoms with Gasteiger partial charge in [0.2, 0.25) is 0 Å². The van der Waals surface area contributed by atoms with Gasteiger partial charge in [0.1, 0.15) is 11.8 Å². The average Bonchev–Trinajstić information content (AvgIpc) is 2.67. The third-order valence-electron chi connectivity index (χ3n) is 4.70. The molecule has 0 spiro atoms. The van der Waals surface area contributed by atoms with Gasteiger partial charge in [-0.05, 0) is 30.0 Å². The Morgan fingerprint density at radius 1 is 1.08 bits per heavy atom. The first-order chi connectivity index (χ1) is 12.6.